The Hall–Kier alpha value is -3.37. The number of carbonyl (C=O) groups is 2. The molecule has 11 heteroatoms. The first-order valence-corrected chi connectivity index (χ1v) is 17.4. The second-order valence-electron chi connectivity index (χ2n) is 10.5. The van der Waals surface area contributed by atoms with E-state index in [1.54, 1.807) is 60.7 Å². The van der Waals surface area contributed by atoms with Gasteiger partial charge in [-0.3, -0.25) is 13.9 Å². The van der Waals surface area contributed by atoms with Crippen LogP contribution in [-0.4, -0.2) is 43.8 Å². The van der Waals surface area contributed by atoms with Gasteiger partial charge in [0.2, 0.25) is 11.8 Å². The Morgan fingerprint density at radius 3 is 2.07 bits per heavy atom. The molecule has 0 spiro atoms. The van der Waals surface area contributed by atoms with Gasteiger partial charge in [-0.1, -0.05) is 107 Å². The Kier molecular flexibility index (Phi) is 12.1. The average Bonchev–Trinajstić information content (AvgIpc) is 3.03. The van der Waals surface area contributed by atoms with Gasteiger partial charge in [-0.15, -0.1) is 0 Å². The van der Waals surface area contributed by atoms with Crippen molar-refractivity contribution in [2.24, 2.45) is 0 Å². The number of nitrogens with one attached hydrogen (secondary N) is 1. The maximum Gasteiger partial charge on any atom is 0.264 e. The third-order valence-electron chi connectivity index (χ3n) is 7.37. The topological polar surface area (TPSA) is 86.8 Å². The molecule has 0 saturated heterocycles. The third-order valence-corrected chi connectivity index (χ3v) is 10.4. The molecule has 0 aliphatic carbocycles. The van der Waals surface area contributed by atoms with E-state index in [-0.39, 0.29) is 35.5 Å². The summed E-state index contributed by atoms with van der Waals surface area (Å²) < 4.78 is 29.8. The lowest BCUT2D eigenvalue weighted by Crippen LogP contribution is -2.54. The highest BCUT2D eigenvalue weighted by molar-refractivity contribution is 9.10. The smallest absolute Gasteiger partial charge is 0.264 e. The first-order chi connectivity index (χ1) is 21.5. The van der Waals surface area contributed by atoms with Crippen LogP contribution in [0.15, 0.2) is 112 Å². The van der Waals surface area contributed by atoms with Crippen molar-refractivity contribution < 1.29 is 18.0 Å². The van der Waals surface area contributed by atoms with Crippen LogP contribution in [0.4, 0.5) is 5.69 Å². The van der Waals surface area contributed by atoms with Crippen LogP contribution in [0.25, 0.3) is 0 Å². The van der Waals surface area contributed by atoms with Gasteiger partial charge in [-0.05, 0) is 61.4 Å². The molecule has 45 heavy (non-hydrogen) atoms. The molecule has 0 saturated carbocycles. The van der Waals surface area contributed by atoms with Gasteiger partial charge in [-0.25, -0.2) is 8.42 Å². The SMILES string of the molecule is CC[C@@H](C)NC(=O)[C@H](Cc1ccccc1)N(Cc1c(Cl)cccc1Cl)C(=O)CN(c1cccc(Br)c1)S(=O)(=O)c1ccccc1. The van der Waals surface area contributed by atoms with Gasteiger partial charge in [-0.2, -0.15) is 0 Å². The van der Waals surface area contributed by atoms with Crippen molar-refractivity contribution in [3.05, 3.63) is 129 Å². The number of halogens is 3. The molecule has 2 atom stereocenters. The van der Waals surface area contributed by atoms with Gasteiger partial charge in [0.25, 0.3) is 10.0 Å². The Bertz CT molecular complexity index is 1710. The zero-order valence-corrected chi connectivity index (χ0v) is 28.8. The molecule has 1 N–H and O–H groups in total. The Morgan fingerprint density at radius 2 is 1.47 bits per heavy atom. The molecule has 7 nitrogen and oxygen atoms in total. The van der Waals surface area contributed by atoms with E-state index in [0.29, 0.717) is 26.5 Å². The van der Waals surface area contributed by atoms with Crippen LogP contribution in [0.1, 0.15) is 31.4 Å². The van der Waals surface area contributed by atoms with Crippen LogP contribution in [0, 0.1) is 0 Å². The van der Waals surface area contributed by atoms with Gasteiger partial charge >= 0.3 is 0 Å². The van der Waals surface area contributed by atoms with Gasteiger partial charge < -0.3 is 10.2 Å². The standard InChI is InChI=1S/C34H34BrCl2N3O4S/c1-3-24(2)38-34(42)32(20-25-12-6-4-7-13-25)39(22-29-30(36)18-11-19-31(29)37)33(41)23-40(27-15-10-14-26(35)21-27)45(43,44)28-16-8-5-9-17-28/h4-19,21,24,32H,3,20,22-23H2,1-2H3,(H,38,42)/t24-,32+/m1/s1. The van der Waals surface area contributed by atoms with Crippen LogP contribution in [0.3, 0.4) is 0 Å². The third kappa shape index (κ3) is 8.88. The maximum absolute atomic E-state index is 14.6. The maximum atomic E-state index is 14.6. The first kappa shape index (κ1) is 34.5. The lowest BCUT2D eigenvalue weighted by molar-refractivity contribution is -0.140. The zero-order valence-electron chi connectivity index (χ0n) is 24.9. The summed E-state index contributed by atoms with van der Waals surface area (Å²) in [6.45, 7) is 3.13. The number of carbonyl (C=O) groups excluding carboxylic acids is 2. The minimum absolute atomic E-state index is 0.0221. The second kappa shape index (κ2) is 15.8. The van der Waals surface area contributed by atoms with E-state index in [4.69, 9.17) is 23.2 Å². The molecule has 4 rings (SSSR count). The number of amides is 2. The van der Waals surface area contributed by atoms with Crippen LogP contribution < -0.4 is 9.62 Å². The minimum Gasteiger partial charge on any atom is -0.352 e. The molecule has 0 aromatic heterocycles. The van der Waals surface area contributed by atoms with Gasteiger partial charge in [0.15, 0.2) is 0 Å². The minimum atomic E-state index is -4.20. The van der Waals surface area contributed by atoms with Crippen molar-refractivity contribution >= 4 is 66.7 Å². The van der Waals surface area contributed by atoms with E-state index in [2.05, 4.69) is 21.2 Å². The fourth-order valence-electron chi connectivity index (χ4n) is 4.73. The monoisotopic (exact) mass is 729 g/mol. The van der Waals surface area contributed by atoms with E-state index >= 15 is 0 Å². The molecule has 0 radical (unpaired) electrons. The summed E-state index contributed by atoms with van der Waals surface area (Å²) in [4.78, 5) is 29.9. The van der Waals surface area contributed by atoms with Crippen LogP contribution in [0.2, 0.25) is 10.0 Å². The quantitative estimate of drug-likeness (QED) is 0.154. The Morgan fingerprint density at radius 1 is 0.867 bits per heavy atom. The molecule has 0 bridgehead atoms. The highest BCUT2D eigenvalue weighted by atomic mass is 79.9. The van der Waals surface area contributed by atoms with Crippen molar-refractivity contribution in [1.82, 2.24) is 10.2 Å². The Balaban J connectivity index is 1.84. The van der Waals surface area contributed by atoms with Crippen molar-refractivity contribution in [2.45, 2.75) is 50.2 Å². The average molecular weight is 732 g/mol. The normalized spacial score (nSPS) is 12.6. The summed E-state index contributed by atoms with van der Waals surface area (Å²) in [7, 11) is -4.20. The molecule has 0 aliphatic heterocycles. The summed E-state index contributed by atoms with van der Waals surface area (Å²) in [6.07, 6.45) is 0.860. The van der Waals surface area contributed by atoms with Crippen molar-refractivity contribution in [3.8, 4) is 0 Å². The number of hydrogen-bond acceptors (Lipinski definition) is 4. The van der Waals surface area contributed by atoms with Crippen molar-refractivity contribution in [3.63, 3.8) is 0 Å². The molecule has 236 valence electrons. The highest BCUT2D eigenvalue weighted by Gasteiger charge is 2.35. The van der Waals surface area contributed by atoms with Crippen molar-refractivity contribution in [1.29, 1.82) is 0 Å². The van der Waals surface area contributed by atoms with Crippen LogP contribution in [-0.2, 0) is 32.6 Å². The zero-order chi connectivity index (χ0) is 32.6. The largest absolute Gasteiger partial charge is 0.352 e. The van der Waals surface area contributed by atoms with Crippen LogP contribution >= 0.6 is 39.1 Å². The number of benzene rings is 4. The predicted octanol–water partition coefficient (Wildman–Crippen LogP) is 7.51. The highest BCUT2D eigenvalue weighted by Crippen LogP contribution is 2.30. The van der Waals surface area contributed by atoms with Gasteiger partial charge in [0.05, 0.1) is 10.6 Å². The summed E-state index contributed by atoms with van der Waals surface area (Å²) in [5.41, 5.74) is 1.55. The van der Waals surface area contributed by atoms with Gasteiger partial charge in [0, 0.05) is 39.1 Å². The molecule has 4 aromatic rings. The molecule has 0 aliphatic rings. The van der Waals surface area contributed by atoms with E-state index in [9.17, 15) is 18.0 Å². The molecule has 0 fully saturated rings. The van der Waals surface area contributed by atoms with E-state index in [1.165, 1.54) is 17.0 Å². The van der Waals surface area contributed by atoms with E-state index in [0.717, 1.165) is 9.87 Å². The molecular weight excluding hydrogens is 697 g/mol. The lowest BCUT2D eigenvalue weighted by atomic mass is 10.0. The van der Waals surface area contributed by atoms with E-state index in [1.807, 2.05) is 44.2 Å². The number of sulfonamides is 1. The number of rotatable bonds is 13. The summed E-state index contributed by atoms with van der Waals surface area (Å²) in [5.74, 6) is -0.977. The summed E-state index contributed by atoms with van der Waals surface area (Å²) in [6, 6.07) is 27.8. The molecule has 4 aromatic carbocycles. The molecular formula is C34H34BrCl2N3O4S. The fourth-order valence-corrected chi connectivity index (χ4v) is 7.06. The van der Waals surface area contributed by atoms with Gasteiger partial charge in [0.1, 0.15) is 12.6 Å². The molecule has 0 unspecified atom stereocenters. The van der Waals surface area contributed by atoms with Crippen molar-refractivity contribution in [2.75, 3.05) is 10.8 Å². The second-order valence-corrected chi connectivity index (χ2v) is 14.1. The van der Waals surface area contributed by atoms with Crippen LogP contribution in [0.5, 0.6) is 0 Å². The number of anilines is 1. The molecule has 0 heterocycles. The number of hydrogen-bond donors (Lipinski definition) is 1. The summed E-state index contributed by atoms with van der Waals surface area (Å²) >= 11 is 16.6. The molecule has 2 amide bonds. The predicted molar refractivity (Wildman–Crippen MR) is 184 cm³/mol. The summed E-state index contributed by atoms with van der Waals surface area (Å²) in [5, 5.41) is 3.65. The Labute approximate surface area is 283 Å². The fraction of sp³-hybridized carbons (Fsp3) is 0.235. The van der Waals surface area contributed by atoms with E-state index < -0.39 is 28.5 Å². The lowest BCUT2D eigenvalue weighted by Gasteiger charge is -2.34. The number of nitrogens with zero attached hydrogens (tertiary/aromatic N) is 2. The first-order valence-electron chi connectivity index (χ1n) is 14.4.